The minimum Gasteiger partial charge on any atom is -0.347 e. The van der Waals surface area contributed by atoms with E-state index in [1.54, 1.807) is 0 Å². The highest BCUT2D eigenvalue weighted by Gasteiger charge is 2.10. The predicted molar refractivity (Wildman–Crippen MR) is 39.2 cm³/mol. The van der Waals surface area contributed by atoms with Gasteiger partial charge in [0.05, 0.1) is 6.54 Å². The Kier molecular flexibility index (Phi) is 4.40. The number of hydrogen-bond donors (Lipinski definition) is 1. The van der Waals surface area contributed by atoms with Gasteiger partial charge in [0.2, 0.25) is 0 Å². The lowest BCUT2D eigenvalue weighted by Crippen LogP contribution is -2.32. The Hall–Kier alpha value is -0.280. The van der Waals surface area contributed by atoms with Crippen LogP contribution in [-0.2, 0) is 9.59 Å². The molecule has 0 aromatic carbocycles. The second-order valence-corrected chi connectivity index (χ2v) is 2.82. The second kappa shape index (κ2) is 4.52. The summed E-state index contributed by atoms with van der Waals surface area (Å²) in [5.74, 6) is -0.680. The van der Waals surface area contributed by atoms with Gasteiger partial charge in [-0.15, -0.1) is 0 Å². The number of Topliss-reactive ketones (excluding diaryl/α,β-unsaturated/α-hetero) is 1. The molecule has 1 amide bonds. The number of carbonyl (C=O) groups excluding carboxylic acids is 2. The zero-order valence-electron chi connectivity index (χ0n) is 5.36. The van der Waals surface area contributed by atoms with Gasteiger partial charge in [-0.3, -0.25) is 9.59 Å². The maximum Gasteiger partial charge on any atom is 0.253 e. The summed E-state index contributed by atoms with van der Waals surface area (Å²) in [6.45, 7) is 1.34. The number of alkyl halides is 2. The van der Waals surface area contributed by atoms with Crippen molar-refractivity contribution in [3.05, 3.63) is 0 Å². The van der Waals surface area contributed by atoms with Crippen LogP contribution in [0.2, 0.25) is 0 Å². The van der Waals surface area contributed by atoms with Crippen molar-refractivity contribution in [2.24, 2.45) is 0 Å². The summed E-state index contributed by atoms with van der Waals surface area (Å²) >= 11 is 10.3. The third-order valence-electron chi connectivity index (χ3n) is 0.710. The van der Waals surface area contributed by atoms with Gasteiger partial charge in [0.1, 0.15) is 5.78 Å². The molecule has 0 aliphatic carbocycles. The Labute approximate surface area is 68.7 Å². The van der Waals surface area contributed by atoms with Crippen LogP contribution < -0.4 is 5.32 Å². The number of hydrogen-bond acceptors (Lipinski definition) is 2. The zero-order chi connectivity index (χ0) is 8.15. The van der Waals surface area contributed by atoms with Crippen LogP contribution in [0.15, 0.2) is 0 Å². The SMILES string of the molecule is CC(=O)CNC(=O)C(Cl)Cl. The van der Waals surface area contributed by atoms with Crippen molar-refractivity contribution in [1.29, 1.82) is 0 Å². The molecule has 0 radical (unpaired) electrons. The highest BCUT2D eigenvalue weighted by molar-refractivity contribution is 6.53. The van der Waals surface area contributed by atoms with Gasteiger partial charge >= 0.3 is 0 Å². The molecule has 0 unspecified atom stereocenters. The fourth-order valence-electron chi connectivity index (χ4n) is 0.289. The topological polar surface area (TPSA) is 46.2 Å². The van der Waals surface area contributed by atoms with Crippen molar-refractivity contribution >= 4 is 34.9 Å². The van der Waals surface area contributed by atoms with Gasteiger partial charge in [0.25, 0.3) is 5.91 Å². The Bertz CT molecular complexity index is 147. The first-order valence-corrected chi connectivity index (χ1v) is 3.46. The van der Waals surface area contributed by atoms with E-state index in [0.717, 1.165) is 0 Å². The molecule has 58 valence electrons. The van der Waals surface area contributed by atoms with E-state index < -0.39 is 10.7 Å². The van der Waals surface area contributed by atoms with Gasteiger partial charge in [0.15, 0.2) is 4.84 Å². The van der Waals surface area contributed by atoms with Crippen molar-refractivity contribution in [3.63, 3.8) is 0 Å². The maximum atomic E-state index is 10.5. The molecule has 5 heteroatoms. The summed E-state index contributed by atoms with van der Waals surface area (Å²) < 4.78 is 0. The standard InChI is InChI=1S/C5H7Cl2NO2/c1-3(9)2-8-5(10)4(6)7/h4H,2H2,1H3,(H,8,10). The lowest BCUT2D eigenvalue weighted by Gasteiger charge is -2.00. The van der Waals surface area contributed by atoms with Gasteiger partial charge in [-0.05, 0) is 6.92 Å². The largest absolute Gasteiger partial charge is 0.347 e. The molecule has 0 aromatic rings. The van der Waals surface area contributed by atoms with Gasteiger partial charge in [-0.1, -0.05) is 23.2 Å². The molecular formula is C5H7Cl2NO2. The Balaban J connectivity index is 3.50. The minimum absolute atomic E-state index is 0.0191. The van der Waals surface area contributed by atoms with Crippen LogP contribution in [-0.4, -0.2) is 23.1 Å². The summed E-state index contributed by atoms with van der Waals surface area (Å²) in [6.07, 6.45) is 0. The number of amides is 1. The van der Waals surface area contributed by atoms with Gasteiger partial charge in [-0.25, -0.2) is 0 Å². The summed E-state index contributed by atoms with van der Waals surface area (Å²) in [5, 5.41) is 2.23. The summed E-state index contributed by atoms with van der Waals surface area (Å²) in [7, 11) is 0. The van der Waals surface area contributed by atoms with E-state index in [9.17, 15) is 9.59 Å². The van der Waals surface area contributed by atoms with Gasteiger partial charge in [0, 0.05) is 0 Å². The lowest BCUT2D eigenvalue weighted by atomic mass is 10.4. The average Bonchev–Trinajstić information content (AvgIpc) is 1.82. The first kappa shape index (κ1) is 9.72. The number of carbonyl (C=O) groups is 2. The molecule has 10 heavy (non-hydrogen) atoms. The van der Waals surface area contributed by atoms with E-state index in [0.29, 0.717) is 0 Å². The molecule has 3 nitrogen and oxygen atoms in total. The molecular weight excluding hydrogens is 177 g/mol. The number of nitrogens with one attached hydrogen (secondary N) is 1. The molecule has 0 fully saturated rings. The monoisotopic (exact) mass is 183 g/mol. The number of halogens is 2. The second-order valence-electron chi connectivity index (χ2n) is 1.72. The average molecular weight is 184 g/mol. The maximum absolute atomic E-state index is 10.5. The molecule has 0 bridgehead atoms. The van der Waals surface area contributed by atoms with E-state index in [4.69, 9.17) is 23.2 Å². The fourth-order valence-corrected chi connectivity index (χ4v) is 0.443. The van der Waals surface area contributed by atoms with Crippen molar-refractivity contribution in [1.82, 2.24) is 5.32 Å². The number of rotatable bonds is 3. The van der Waals surface area contributed by atoms with Crippen molar-refractivity contribution in [2.75, 3.05) is 6.54 Å². The summed E-state index contributed by atoms with van der Waals surface area (Å²) in [6, 6.07) is 0. The fraction of sp³-hybridized carbons (Fsp3) is 0.600. The summed E-state index contributed by atoms with van der Waals surface area (Å²) in [4.78, 5) is 19.7. The molecule has 0 saturated carbocycles. The number of ketones is 1. The van der Waals surface area contributed by atoms with E-state index in [1.165, 1.54) is 6.92 Å². The van der Waals surface area contributed by atoms with Crippen LogP contribution in [0.3, 0.4) is 0 Å². The molecule has 0 aliphatic rings. The highest BCUT2D eigenvalue weighted by Crippen LogP contribution is 1.99. The smallest absolute Gasteiger partial charge is 0.253 e. The molecule has 0 atom stereocenters. The van der Waals surface area contributed by atoms with E-state index >= 15 is 0 Å². The van der Waals surface area contributed by atoms with E-state index in [1.807, 2.05) is 0 Å². The minimum atomic E-state index is -1.10. The van der Waals surface area contributed by atoms with Gasteiger partial charge < -0.3 is 5.32 Å². The van der Waals surface area contributed by atoms with E-state index in [2.05, 4.69) is 5.32 Å². The first-order valence-electron chi connectivity index (χ1n) is 2.59. The highest BCUT2D eigenvalue weighted by atomic mass is 35.5. The Morgan fingerprint density at radius 1 is 1.50 bits per heavy atom. The van der Waals surface area contributed by atoms with Crippen molar-refractivity contribution < 1.29 is 9.59 Å². The van der Waals surface area contributed by atoms with Crippen LogP contribution in [0, 0.1) is 0 Å². The van der Waals surface area contributed by atoms with E-state index in [-0.39, 0.29) is 12.3 Å². The van der Waals surface area contributed by atoms with Crippen LogP contribution in [0.1, 0.15) is 6.92 Å². The molecule has 1 N–H and O–H groups in total. The molecule has 0 rings (SSSR count). The normalized spacial score (nSPS) is 9.60. The van der Waals surface area contributed by atoms with Crippen LogP contribution >= 0.6 is 23.2 Å². The van der Waals surface area contributed by atoms with Gasteiger partial charge in [-0.2, -0.15) is 0 Å². The van der Waals surface area contributed by atoms with Crippen LogP contribution in [0.25, 0.3) is 0 Å². The van der Waals surface area contributed by atoms with Crippen molar-refractivity contribution in [3.8, 4) is 0 Å². The zero-order valence-corrected chi connectivity index (χ0v) is 6.87. The molecule has 0 spiro atoms. The molecule has 0 heterocycles. The van der Waals surface area contributed by atoms with Crippen LogP contribution in [0.4, 0.5) is 0 Å². The third kappa shape index (κ3) is 4.58. The predicted octanol–water partition coefficient (Wildman–Crippen LogP) is 0.495. The molecule has 0 aromatic heterocycles. The van der Waals surface area contributed by atoms with Crippen LogP contribution in [0.5, 0.6) is 0 Å². The molecule has 0 saturated heterocycles. The quantitative estimate of drug-likeness (QED) is 0.649. The Morgan fingerprint density at radius 3 is 2.30 bits per heavy atom. The summed E-state index contributed by atoms with van der Waals surface area (Å²) in [5.41, 5.74) is 0. The molecule has 0 aliphatic heterocycles. The lowest BCUT2D eigenvalue weighted by molar-refractivity contribution is -0.123. The van der Waals surface area contributed by atoms with Crippen molar-refractivity contribution in [2.45, 2.75) is 11.8 Å². The third-order valence-corrected chi connectivity index (χ3v) is 1.11. The Morgan fingerprint density at radius 2 is 2.00 bits per heavy atom. The first-order chi connectivity index (χ1) is 4.54.